The molecule has 0 saturated heterocycles. The molecule has 2 rings (SSSR count). The molecule has 0 bridgehead atoms. The number of fused-ring (bicyclic) bond motifs is 1. The van der Waals surface area contributed by atoms with Gasteiger partial charge in [-0.25, -0.2) is 0 Å². The van der Waals surface area contributed by atoms with E-state index in [1.54, 1.807) is 0 Å². The number of aromatic hydroxyl groups is 1. The summed E-state index contributed by atoms with van der Waals surface area (Å²) < 4.78 is 0.935. The number of anilines is 2. The number of hydrogen-bond acceptors (Lipinski definition) is 4. The van der Waals surface area contributed by atoms with Gasteiger partial charge in [-0.15, -0.1) is 11.3 Å². The summed E-state index contributed by atoms with van der Waals surface area (Å²) in [6, 6.07) is 3.33. The van der Waals surface area contributed by atoms with E-state index in [1.165, 1.54) is 17.4 Å². The first-order valence-corrected chi connectivity index (χ1v) is 4.32. The molecule has 0 radical (unpaired) electrons. The molecule has 12 heavy (non-hydrogen) atoms. The van der Waals surface area contributed by atoms with Crippen LogP contribution in [0.25, 0.3) is 10.1 Å². The minimum Gasteiger partial charge on any atom is -0.506 e. The summed E-state index contributed by atoms with van der Waals surface area (Å²) in [5.74, 6) is 0.0541. The standard InChI is InChI=1S/C8H8N2OS/c9-5-3-6(11)7(10)4-1-2-12-8(4)5/h1-3,11H,9-10H2. The molecule has 62 valence electrons. The lowest BCUT2D eigenvalue weighted by Gasteiger charge is -2.02. The molecule has 2 aromatic rings. The minimum atomic E-state index is 0.0541. The van der Waals surface area contributed by atoms with Crippen molar-refractivity contribution < 1.29 is 5.11 Å². The number of phenolic OH excluding ortho intramolecular Hbond substituents is 1. The average Bonchev–Trinajstić information content (AvgIpc) is 2.48. The van der Waals surface area contributed by atoms with Crippen molar-refractivity contribution in [2.45, 2.75) is 0 Å². The number of benzene rings is 1. The van der Waals surface area contributed by atoms with E-state index in [2.05, 4.69) is 0 Å². The third-order valence-electron chi connectivity index (χ3n) is 1.79. The Morgan fingerprint density at radius 2 is 2.08 bits per heavy atom. The highest BCUT2D eigenvalue weighted by molar-refractivity contribution is 7.18. The van der Waals surface area contributed by atoms with Crippen molar-refractivity contribution in [3.05, 3.63) is 17.5 Å². The SMILES string of the molecule is Nc1c(O)cc(N)c2sccc12. The van der Waals surface area contributed by atoms with Crippen molar-refractivity contribution in [3.63, 3.8) is 0 Å². The summed E-state index contributed by atoms with van der Waals surface area (Å²) in [5, 5.41) is 12.0. The van der Waals surface area contributed by atoms with Crippen LogP contribution in [-0.4, -0.2) is 5.11 Å². The van der Waals surface area contributed by atoms with Crippen LogP contribution in [-0.2, 0) is 0 Å². The Morgan fingerprint density at radius 1 is 1.33 bits per heavy atom. The van der Waals surface area contributed by atoms with Crippen molar-refractivity contribution in [1.82, 2.24) is 0 Å². The van der Waals surface area contributed by atoms with E-state index in [-0.39, 0.29) is 5.75 Å². The maximum Gasteiger partial charge on any atom is 0.141 e. The number of rotatable bonds is 0. The lowest BCUT2D eigenvalue weighted by molar-refractivity contribution is 0.479. The van der Waals surface area contributed by atoms with Gasteiger partial charge in [0.15, 0.2) is 0 Å². The van der Waals surface area contributed by atoms with E-state index < -0.39 is 0 Å². The van der Waals surface area contributed by atoms with Crippen LogP contribution in [0.2, 0.25) is 0 Å². The van der Waals surface area contributed by atoms with E-state index >= 15 is 0 Å². The van der Waals surface area contributed by atoms with Gasteiger partial charge in [0.05, 0.1) is 16.1 Å². The zero-order valence-corrected chi connectivity index (χ0v) is 7.06. The Bertz CT molecular complexity index is 436. The van der Waals surface area contributed by atoms with Gasteiger partial charge in [-0.05, 0) is 11.4 Å². The number of phenols is 1. The molecule has 3 nitrogen and oxygen atoms in total. The monoisotopic (exact) mass is 180 g/mol. The summed E-state index contributed by atoms with van der Waals surface area (Å²) >= 11 is 1.52. The average molecular weight is 180 g/mol. The Labute approximate surface area is 73.2 Å². The van der Waals surface area contributed by atoms with Crippen molar-refractivity contribution in [3.8, 4) is 5.75 Å². The molecule has 1 aromatic heterocycles. The number of thiophene rings is 1. The fourth-order valence-electron chi connectivity index (χ4n) is 1.17. The molecule has 0 aliphatic heterocycles. The zero-order chi connectivity index (χ0) is 8.72. The fraction of sp³-hybridized carbons (Fsp3) is 0. The summed E-state index contributed by atoms with van der Waals surface area (Å²) in [4.78, 5) is 0. The molecule has 4 heteroatoms. The molecule has 1 aromatic carbocycles. The van der Waals surface area contributed by atoms with Gasteiger partial charge in [0.2, 0.25) is 0 Å². The van der Waals surface area contributed by atoms with Crippen molar-refractivity contribution in [1.29, 1.82) is 0 Å². The van der Waals surface area contributed by atoms with Crippen LogP contribution in [0.15, 0.2) is 17.5 Å². The highest BCUT2D eigenvalue weighted by atomic mass is 32.1. The molecule has 0 unspecified atom stereocenters. The van der Waals surface area contributed by atoms with Crippen molar-refractivity contribution >= 4 is 32.8 Å². The van der Waals surface area contributed by atoms with Crippen LogP contribution in [0.5, 0.6) is 5.75 Å². The predicted molar refractivity (Wildman–Crippen MR) is 52.3 cm³/mol. The van der Waals surface area contributed by atoms with E-state index in [1.807, 2.05) is 11.4 Å². The topological polar surface area (TPSA) is 72.3 Å². The van der Waals surface area contributed by atoms with Gasteiger partial charge in [-0.1, -0.05) is 0 Å². The predicted octanol–water partition coefficient (Wildman–Crippen LogP) is 1.77. The van der Waals surface area contributed by atoms with Gasteiger partial charge in [0.25, 0.3) is 0 Å². The second kappa shape index (κ2) is 2.28. The molecular formula is C8H8N2OS. The van der Waals surface area contributed by atoms with Crippen LogP contribution in [0.3, 0.4) is 0 Å². The molecule has 0 spiro atoms. The summed E-state index contributed by atoms with van der Waals surface area (Å²) in [5.41, 5.74) is 12.3. The normalized spacial score (nSPS) is 10.7. The molecule has 0 aliphatic carbocycles. The maximum atomic E-state index is 9.32. The van der Waals surface area contributed by atoms with Crippen LogP contribution in [0.1, 0.15) is 0 Å². The number of hydrogen-bond donors (Lipinski definition) is 3. The molecule has 0 amide bonds. The summed E-state index contributed by atoms with van der Waals surface area (Å²) in [6.45, 7) is 0. The first-order chi connectivity index (χ1) is 5.70. The largest absolute Gasteiger partial charge is 0.506 e. The van der Waals surface area contributed by atoms with Gasteiger partial charge in [-0.3, -0.25) is 0 Å². The van der Waals surface area contributed by atoms with Crippen LogP contribution in [0.4, 0.5) is 11.4 Å². The minimum absolute atomic E-state index is 0.0541. The zero-order valence-electron chi connectivity index (χ0n) is 6.24. The van der Waals surface area contributed by atoms with Crippen molar-refractivity contribution in [2.75, 3.05) is 11.5 Å². The Morgan fingerprint density at radius 3 is 2.83 bits per heavy atom. The quantitative estimate of drug-likeness (QED) is 0.427. The highest BCUT2D eigenvalue weighted by Crippen LogP contribution is 2.37. The summed E-state index contributed by atoms with van der Waals surface area (Å²) in [7, 11) is 0. The molecule has 0 aliphatic rings. The van der Waals surface area contributed by atoms with E-state index in [4.69, 9.17) is 11.5 Å². The molecule has 1 heterocycles. The Balaban J connectivity index is 2.97. The molecule has 0 saturated carbocycles. The lowest BCUT2D eigenvalue weighted by Crippen LogP contribution is -1.90. The smallest absolute Gasteiger partial charge is 0.141 e. The van der Waals surface area contributed by atoms with Crippen molar-refractivity contribution in [2.24, 2.45) is 0 Å². The second-order valence-corrected chi connectivity index (χ2v) is 3.48. The van der Waals surface area contributed by atoms with Gasteiger partial charge in [0, 0.05) is 11.5 Å². The lowest BCUT2D eigenvalue weighted by atomic mass is 10.2. The third kappa shape index (κ3) is 0.816. The van der Waals surface area contributed by atoms with Gasteiger partial charge < -0.3 is 16.6 Å². The van der Waals surface area contributed by atoms with Gasteiger partial charge in [0.1, 0.15) is 5.75 Å². The second-order valence-electron chi connectivity index (χ2n) is 2.56. The molecule has 0 atom stereocenters. The highest BCUT2D eigenvalue weighted by Gasteiger charge is 2.07. The van der Waals surface area contributed by atoms with E-state index in [0.717, 1.165) is 10.1 Å². The Hall–Kier alpha value is -1.42. The Kier molecular flexibility index (Phi) is 1.38. The summed E-state index contributed by atoms with van der Waals surface area (Å²) in [6.07, 6.45) is 0. The van der Waals surface area contributed by atoms with E-state index in [9.17, 15) is 5.11 Å². The van der Waals surface area contributed by atoms with Gasteiger partial charge in [-0.2, -0.15) is 0 Å². The molecule has 0 fully saturated rings. The molecular weight excluding hydrogens is 172 g/mol. The number of nitrogen functional groups attached to an aromatic ring is 2. The first kappa shape index (κ1) is 7.24. The maximum absolute atomic E-state index is 9.32. The van der Waals surface area contributed by atoms with E-state index in [0.29, 0.717) is 11.4 Å². The van der Waals surface area contributed by atoms with Crippen LogP contribution >= 0.6 is 11.3 Å². The first-order valence-electron chi connectivity index (χ1n) is 3.44. The molecule has 5 N–H and O–H groups in total. The number of nitrogens with two attached hydrogens (primary N) is 2. The third-order valence-corrected chi connectivity index (χ3v) is 2.75. The fourth-order valence-corrected chi connectivity index (χ4v) is 2.01. The van der Waals surface area contributed by atoms with Crippen LogP contribution in [0, 0.1) is 0 Å². The van der Waals surface area contributed by atoms with Crippen LogP contribution < -0.4 is 11.5 Å². The van der Waals surface area contributed by atoms with Gasteiger partial charge >= 0.3 is 0 Å².